The summed E-state index contributed by atoms with van der Waals surface area (Å²) in [6, 6.07) is 4.30. The van der Waals surface area contributed by atoms with Crippen LogP contribution in [0.1, 0.15) is 10.4 Å². The van der Waals surface area contributed by atoms with Crippen molar-refractivity contribution in [3.8, 4) is 0 Å². The molecule has 1 aromatic rings. The number of hydrogen-bond donors (Lipinski definition) is 2. The molecule has 1 aromatic carbocycles. The van der Waals surface area contributed by atoms with Crippen molar-refractivity contribution >= 4 is 29.3 Å². The van der Waals surface area contributed by atoms with Crippen molar-refractivity contribution in [1.82, 2.24) is 10.2 Å². The number of urea groups is 1. The molecule has 2 fully saturated rings. The zero-order valence-electron chi connectivity index (χ0n) is 14.5. The summed E-state index contributed by atoms with van der Waals surface area (Å²) in [5.74, 6) is -0.560. The van der Waals surface area contributed by atoms with E-state index in [0.29, 0.717) is 32.1 Å². The minimum atomic E-state index is -0.560. The Morgan fingerprint density at radius 1 is 1.23 bits per heavy atom. The average molecular weight is 384 g/mol. The van der Waals surface area contributed by atoms with E-state index in [1.165, 1.54) is 13.2 Å². The number of ether oxygens (including phenoxy) is 3. The smallest absolute Gasteiger partial charge is 0.339 e. The van der Waals surface area contributed by atoms with Gasteiger partial charge in [0.15, 0.2) is 0 Å². The Morgan fingerprint density at radius 2 is 2.00 bits per heavy atom. The molecular formula is C17H22ClN3O5. The van der Waals surface area contributed by atoms with Gasteiger partial charge in [0.2, 0.25) is 0 Å². The Bertz CT molecular complexity index is 666. The number of hydrogen-bond acceptors (Lipinski definition) is 6. The van der Waals surface area contributed by atoms with Gasteiger partial charge in [-0.15, -0.1) is 0 Å². The molecule has 2 saturated heterocycles. The van der Waals surface area contributed by atoms with Crippen LogP contribution in [-0.4, -0.2) is 75.6 Å². The molecule has 142 valence electrons. The summed E-state index contributed by atoms with van der Waals surface area (Å²) in [7, 11) is 1.28. The number of carbonyl (C=O) groups excluding carboxylic acids is 2. The van der Waals surface area contributed by atoms with Gasteiger partial charge in [0.25, 0.3) is 0 Å². The van der Waals surface area contributed by atoms with Crippen molar-refractivity contribution in [3.05, 3.63) is 28.8 Å². The second-order valence-electron chi connectivity index (χ2n) is 6.14. The van der Waals surface area contributed by atoms with Crippen LogP contribution >= 0.6 is 11.6 Å². The topological polar surface area (TPSA) is 89.1 Å². The number of nitrogens with one attached hydrogen (secondary N) is 2. The highest BCUT2D eigenvalue weighted by Crippen LogP contribution is 2.21. The van der Waals surface area contributed by atoms with Crippen LogP contribution < -0.4 is 10.6 Å². The van der Waals surface area contributed by atoms with Crippen LogP contribution in [-0.2, 0) is 14.2 Å². The van der Waals surface area contributed by atoms with Crippen LogP contribution in [0, 0.1) is 0 Å². The summed E-state index contributed by atoms with van der Waals surface area (Å²) in [6.45, 7) is 4.08. The maximum absolute atomic E-state index is 12.4. The summed E-state index contributed by atoms with van der Waals surface area (Å²) in [4.78, 5) is 26.3. The van der Waals surface area contributed by atoms with Crippen LogP contribution in [0.2, 0.25) is 5.02 Å². The fourth-order valence-electron chi connectivity index (χ4n) is 3.15. The molecule has 0 radical (unpaired) electrons. The van der Waals surface area contributed by atoms with E-state index in [2.05, 4.69) is 20.3 Å². The highest BCUT2D eigenvalue weighted by molar-refractivity contribution is 6.33. The van der Waals surface area contributed by atoms with E-state index in [9.17, 15) is 9.59 Å². The monoisotopic (exact) mass is 383 g/mol. The lowest BCUT2D eigenvalue weighted by Gasteiger charge is -2.34. The van der Waals surface area contributed by atoms with E-state index >= 15 is 0 Å². The largest absolute Gasteiger partial charge is 0.465 e. The zero-order chi connectivity index (χ0) is 18.5. The van der Waals surface area contributed by atoms with Crippen molar-refractivity contribution in [3.63, 3.8) is 0 Å². The minimum absolute atomic E-state index is 0.111. The van der Waals surface area contributed by atoms with Gasteiger partial charge in [-0.1, -0.05) is 11.6 Å². The summed E-state index contributed by atoms with van der Waals surface area (Å²) in [5, 5.41) is 5.93. The SMILES string of the molecule is COC(=O)c1cc(NC(=O)N[C@H]2COC[C@@H]2N2CCOCC2)ccc1Cl. The molecule has 0 spiro atoms. The van der Waals surface area contributed by atoms with Gasteiger partial charge in [-0.3, -0.25) is 4.90 Å². The number of methoxy groups -OCH3 is 1. The zero-order valence-corrected chi connectivity index (χ0v) is 15.3. The van der Waals surface area contributed by atoms with E-state index in [4.69, 9.17) is 21.1 Å². The predicted molar refractivity (Wildman–Crippen MR) is 95.7 cm³/mol. The molecule has 3 rings (SSSR count). The highest BCUT2D eigenvalue weighted by atomic mass is 35.5. The van der Waals surface area contributed by atoms with Gasteiger partial charge in [-0.2, -0.15) is 0 Å². The molecule has 2 aliphatic rings. The Labute approximate surface area is 156 Å². The number of esters is 1. The number of carbonyl (C=O) groups is 2. The van der Waals surface area contributed by atoms with Crippen LogP contribution in [0.3, 0.4) is 0 Å². The molecule has 0 aromatic heterocycles. The molecule has 9 heteroatoms. The quantitative estimate of drug-likeness (QED) is 0.763. The molecule has 2 aliphatic heterocycles. The van der Waals surface area contributed by atoms with Crippen LogP contribution in [0.15, 0.2) is 18.2 Å². The number of halogens is 1. The van der Waals surface area contributed by atoms with Crippen LogP contribution in [0.25, 0.3) is 0 Å². The lowest BCUT2D eigenvalue weighted by Crippen LogP contribution is -2.54. The van der Waals surface area contributed by atoms with Crippen LogP contribution in [0.4, 0.5) is 10.5 Å². The molecule has 2 heterocycles. The van der Waals surface area contributed by atoms with Gasteiger partial charge in [0.05, 0.1) is 56.2 Å². The van der Waals surface area contributed by atoms with Crippen molar-refractivity contribution < 1.29 is 23.8 Å². The number of nitrogens with zero attached hydrogens (tertiary/aromatic N) is 1. The Kier molecular flexibility index (Phi) is 6.31. The fraction of sp³-hybridized carbons (Fsp3) is 0.529. The fourth-order valence-corrected chi connectivity index (χ4v) is 3.35. The minimum Gasteiger partial charge on any atom is -0.465 e. The van der Waals surface area contributed by atoms with Gasteiger partial charge in [0.1, 0.15) is 0 Å². The normalized spacial score (nSPS) is 23.5. The first kappa shape index (κ1) is 18.9. The van der Waals surface area contributed by atoms with E-state index in [1.807, 2.05) is 0 Å². The van der Waals surface area contributed by atoms with Gasteiger partial charge >= 0.3 is 12.0 Å². The first-order chi connectivity index (χ1) is 12.6. The summed E-state index contributed by atoms with van der Waals surface area (Å²) in [6.07, 6.45) is 0. The molecule has 0 aliphatic carbocycles. The number of amides is 2. The van der Waals surface area contributed by atoms with Crippen LogP contribution in [0.5, 0.6) is 0 Å². The Balaban J connectivity index is 1.60. The number of benzene rings is 1. The lowest BCUT2D eigenvalue weighted by molar-refractivity contribution is 0.0113. The first-order valence-electron chi connectivity index (χ1n) is 8.43. The van der Waals surface area contributed by atoms with E-state index in [0.717, 1.165) is 13.1 Å². The third kappa shape index (κ3) is 4.45. The second kappa shape index (κ2) is 8.68. The van der Waals surface area contributed by atoms with Crippen molar-refractivity contribution in [2.45, 2.75) is 12.1 Å². The molecule has 2 N–H and O–H groups in total. The summed E-state index contributed by atoms with van der Waals surface area (Å²) >= 11 is 5.99. The summed E-state index contributed by atoms with van der Waals surface area (Å²) in [5.41, 5.74) is 0.650. The maximum Gasteiger partial charge on any atom is 0.339 e. The third-order valence-corrected chi connectivity index (χ3v) is 4.84. The van der Waals surface area contributed by atoms with E-state index in [-0.39, 0.29) is 28.7 Å². The Hall–Kier alpha value is -1.87. The van der Waals surface area contributed by atoms with Crippen molar-refractivity contribution in [1.29, 1.82) is 0 Å². The third-order valence-electron chi connectivity index (χ3n) is 4.51. The van der Waals surface area contributed by atoms with Gasteiger partial charge in [0, 0.05) is 18.8 Å². The van der Waals surface area contributed by atoms with Crippen molar-refractivity contribution in [2.75, 3.05) is 51.9 Å². The molecule has 8 nitrogen and oxygen atoms in total. The van der Waals surface area contributed by atoms with Gasteiger partial charge in [-0.05, 0) is 18.2 Å². The highest BCUT2D eigenvalue weighted by Gasteiger charge is 2.34. The molecule has 0 saturated carbocycles. The van der Waals surface area contributed by atoms with E-state index < -0.39 is 5.97 Å². The molecule has 2 amide bonds. The Morgan fingerprint density at radius 3 is 2.73 bits per heavy atom. The van der Waals surface area contributed by atoms with E-state index in [1.54, 1.807) is 12.1 Å². The molecule has 0 bridgehead atoms. The maximum atomic E-state index is 12.4. The molecular weight excluding hydrogens is 362 g/mol. The average Bonchev–Trinajstić information content (AvgIpc) is 3.11. The second-order valence-corrected chi connectivity index (χ2v) is 6.55. The number of rotatable bonds is 4. The lowest BCUT2D eigenvalue weighted by atomic mass is 10.1. The van der Waals surface area contributed by atoms with Gasteiger partial charge < -0.3 is 24.8 Å². The predicted octanol–water partition coefficient (Wildman–Crippen LogP) is 1.35. The molecule has 0 unspecified atom stereocenters. The first-order valence-corrected chi connectivity index (χ1v) is 8.81. The van der Waals surface area contributed by atoms with Gasteiger partial charge in [-0.25, -0.2) is 9.59 Å². The molecule has 26 heavy (non-hydrogen) atoms. The number of anilines is 1. The number of morpholine rings is 1. The van der Waals surface area contributed by atoms with Crippen molar-refractivity contribution in [2.24, 2.45) is 0 Å². The summed E-state index contributed by atoms with van der Waals surface area (Å²) < 4.78 is 15.6. The molecule has 2 atom stereocenters. The standard InChI is InChI=1S/C17H22ClN3O5/c1-24-16(22)12-8-11(2-3-13(12)18)19-17(23)20-14-9-26-10-15(14)21-4-6-25-7-5-21/h2-3,8,14-15H,4-7,9-10H2,1H3,(H2,19,20,23)/t14-,15-/m0/s1.